The van der Waals surface area contributed by atoms with E-state index in [1.807, 2.05) is 6.07 Å². The summed E-state index contributed by atoms with van der Waals surface area (Å²) in [5.74, 6) is 1.06. The Morgan fingerprint density at radius 1 is 1.04 bits per heavy atom. The van der Waals surface area contributed by atoms with Crippen molar-refractivity contribution in [3.8, 4) is 11.1 Å². The molecule has 24 heavy (non-hydrogen) atoms. The van der Waals surface area contributed by atoms with Crippen molar-refractivity contribution >= 4 is 11.6 Å². The highest BCUT2D eigenvalue weighted by atomic mass is 16.5. The minimum atomic E-state index is -0.221. The Kier molecular flexibility index (Phi) is 2.86. The maximum absolute atomic E-state index is 12.4. The third-order valence-corrected chi connectivity index (χ3v) is 4.79. The van der Waals surface area contributed by atoms with E-state index in [1.54, 1.807) is 6.07 Å². The van der Waals surface area contributed by atoms with Crippen molar-refractivity contribution in [3.05, 3.63) is 71.1 Å². The summed E-state index contributed by atoms with van der Waals surface area (Å²) < 4.78 is 5.25. The standard InChI is InChI=1S/C20H16N2O2/c23-20(18-11-19(24-22-18)12-5-6-12)21-15-7-8-17-14(10-15)9-13-3-1-2-4-16(13)17/h1-4,7-8,10-12H,5-6,9H2,(H,21,23). The number of hydrogen-bond acceptors (Lipinski definition) is 3. The molecule has 0 radical (unpaired) electrons. The summed E-state index contributed by atoms with van der Waals surface area (Å²) in [5.41, 5.74) is 6.26. The molecular weight excluding hydrogens is 300 g/mol. The summed E-state index contributed by atoms with van der Waals surface area (Å²) in [6, 6.07) is 16.3. The van der Waals surface area contributed by atoms with E-state index >= 15 is 0 Å². The minimum absolute atomic E-state index is 0.221. The molecule has 4 nitrogen and oxygen atoms in total. The number of benzene rings is 2. The Morgan fingerprint density at radius 3 is 2.75 bits per heavy atom. The molecule has 0 aliphatic heterocycles. The predicted octanol–water partition coefficient (Wildman–Crippen LogP) is 4.38. The molecule has 0 bridgehead atoms. The number of nitrogens with zero attached hydrogens (tertiary/aromatic N) is 1. The molecule has 2 aromatic carbocycles. The largest absolute Gasteiger partial charge is 0.360 e. The molecule has 0 atom stereocenters. The van der Waals surface area contributed by atoms with Crippen LogP contribution in [-0.4, -0.2) is 11.1 Å². The van der Waals surface area contributed by atoms with E-state index in [1.165, 1.54) is 22.3 Å². The number of rotatable bonds is 3. The van der Waals surface area contributed by atoms with Gasteiger partial charge in [-0.1, -0.05) is 35.5 Å². The first kappa shape index (κ1) is 13.5. The smallest absolute Gasteiger partial charge is 0.277 e. The Morgan fingerprint density at radius 2 is 1.88 bits per heavy atom. The quantitative estimate of drug-likeness (QED) is 0.610. The van der Waals surface area contributed by atoms with Crippen molar-refractivity contribution in [2.45, 2.75) is 25.2 Å². The van der Waals surface area contributed by atoms with Gasteiger partial charge >= 0.3 is 0 Å². The van der Waals surface area contributed by atoms with Crippen LogP contribution in [0.1, 0.15) is 46.1 Å². The highest BCUT2D eigenvalue weighted by Crippen LogP contribution is 2.40. The molecular formula is C20H16N2O2. The second-order valence-electron chi connectivity index (χ2n) is 6.55. The first-order chi connectivity index (χ1) is 11.8. The molecule has 118 valence electrons. The molecule has 3 aromatic rings. The summed E-state index contributed by atoms with van der Waals surface area (Å²) in [5, 5.41) is 6.82. The van der Waals surface area contributed by atoms with Gasteiger partial charge in [0.1, 0.15) is 5.76 Å². The first-order valence-corrected chi connectivity index (χ1v) is 8.27. The molecule has 1 saturated carbocycles. The van der Waals surface area contributed by atoms with Crippen molar-refractivity contribution in [3.63, 3.8) is 0 Å². The third-order valence-electron chi connectivity index (χ3n) is 4.79. The second kappa shape index (κ2) is 5.06. The van der Waals surface area contributed by atoms with E-state index < -0.39 is 0 Å². The average Bonchev–Trinajstić information content (AvgIpc) is 3.20. The van der Waals surface area contributed by atoms with Gasteiger partial charge in [-0.3, -0.25) is 4.79 Å². The van der Waals surface area contributed by atoms with E-state index in [0.29, 0.717) is 11.6 Å². The maximum atomic E-state index is 12.4. The predicted molar refractivity (Wildman–Crippen MR) is 91.1 cm³/mol. The second-order valence-corrected chi connectivity index (χ2v) is 6.55. The van der Waals surface area contributed by atoms with Crippen LogP contribution in [0.15, 0.2) is 53.1 Å². The van der Waals surface area contributed by atoms with Gasteiger partial charge in [0.2, 0.25) is 0 Å². The lowest BCUT2D eigenvalue weighted by Crippen LogP contribution is -2.12. The molecule has 2 aliphatic carbocycles. The van der Waals surface area contributed by atoms with Gasteiger partial charge in [-0.2, -0.15) is 0 Å². The van der Waals surface area contributed by atoms with Gasteiger partial charge in [0, 0.05) is 17.7 Å². The average molecular weight is 316 g/mol. The molecule has 1 aromatic heterocycles. The molecule has 1 N–H and O–H groups in total. The topological polar surface area (TPSA) is 55.1 Å². The normalized spacial score (nSPS) is 15.0. The van der Waals surface area contributed by atoms with Crippen LogP contribution in [0.2, 0.25) is 0 Å². The summed E-state index contributed by atoms with van der Waals surface area (Å²) in [7, 11) is 0. The number of nitrogens with one attached hydrogen (secondary N) is 1. The molecule has 1 heterocycles. The van der Waals surface area contributed by atoms with Gasteiger partial charge in [0.05, 0.1) is 0 Å². The summed E-state index contributed by atoms with van der Waals surface area (Å²) in [4.78, 5) is 12.4. The fourth-order valence-electron chi connectivity index (χ4n) is 3.37. The van der Waals surface area contributed by atoms with Crippen molar-refractivity contribution in [2.24, 2.45) is 0 Å². The number of carbonyl (C=O) groups excluding carboxylic acids is 1. The Hall–Kier alpha value is -2.88. The van der Waals surface area contributed by atoms with E-state index in [2.05, 4.69) is 46.9 Å². The van der Waals surface area contributed by atoms with Crippen LogP contribution in [0, 0.1) is 0 Å². The SMILES string of the molecule is O=C(Nc1ccc2c(c1)Cc1ccccc1-2)c1cc(C2CC2)on1. The summed E-state index contributed by atoms with van der Waals surface area (Å²) >= 11 is 0. The summed E-state index contributed by atoms with van der Waals surface area (Å²) in [6.45, 7) is 0. The number of fused-ring (bicyclic) bond motifs is 3. The third kappa shape index (κ3) is 2.22. The van der Waals surface area contributed by atoms with E-state index in [4.69, 9.17) is 4.52 Å². The monoisotopic (exact) mass is 316 g/mol. The van der Waals surface area contributed by atoms with Gasteiger partial charge in [-0.25, -0.2) is 0 Å². The zero-order chi connectivity index (χ0) is 16.1. The molecule has 2 aliphatic rings. The highest BCUT2D eigenvalue weighted by Gasteiger charge is 2.29. The number of aromatic nitrogens is 1. The van der Waals surface area contributed by atoms with Crippen LogP contribution < -0.4 is 5.32 Å². The molecule has 0 unspecified atom stereocenters. The minimum Gasteiger partial charge on any atom is -0.360 e. The highest BCUT2D eigenvalue weighted by molar-refractivity contribution is 6.03. The van der Waals surface area contributed by atoms with Crippen LogP contribution in [0.25, 0.3) is 11.1 Å². The number of carbonyl (C=O) groups is 1. The molecule has 0 spiro atoms. The van der Waals surface area contributed by atoms with Crippen molar-refractivity contribution in [1.82, 2.24) is 5.16 Å². The van der Waals surface area contributed by atoms with Gasteiger partial charge in [-0.05, 0) is 53.6 Å². The lowest BCUT2D eigenvalue weighted by molar-refractivity contribution is 0.101. The zero-order valence-electron chi connectivity index (χ0n) is 13.1. The fourth-order valence-corrected chi connectivity index (χ4v) is 3.37. The molecule has 5 rings (SSSR count). The molecule has 4 heteroatoms. The Bertz CT molecular complexity index is 954. The Balaban J connectivity index is 1.38. The van der Waals surface area contributed by atoms with E-state index in [9.17, 15) is 4.79 Å². The van der Waals surface area contributed by atoms with Crippen LogP contribution >= 0.6 is 0 Å². The molecule has 1 fully saturated rings. The number of hydrogen-bond donors (Lipinski definition) is 1. The van der Waals surface area contributed by atoms with Gasteiger partial charge in [0.15, 0.2) is 5.69 Å². The number of amides is 1. The lowest BCUT2D eigenvalue weighted by Gasteiger charge is -2.06. The van der Waals surface area contributed by atoms with Crippen LogP contribution in [0.4, 0.5) is 5.69 Å². The molecule has 0 saturated heterocycles. The molecule has 1 amide bonds. The van der Waals surface area contributed by atoms with Crippen molar-refractivity contribution in [2.75, 3.05) is 5.32 Å². The fraction of sp³-hybridized carbons (Fsp3) is 0.200. The van der Waals surface area contributed by atoms with E-state index in [0.717, 1.165) is 30.7 Å². The van der Waals surface area contributed by atoms with Crippen LogP contribution in [0.3, 0.4) is 0 Å². The van der Waals surface area contributed by atoms with Crippen LogP contribution in [-0.2, 0) is 6.42 Å². The summed E-state index contributed by atoms with van der Waals surface area (Å²) in [6.07, 6.45) is 3.16. The number of anilines is 1. The lowest BCUT2D eigenvalue weighted by atomic mass is 10.1. The first-order valence-electron chi connectivity index (χ1n) is 8.27. The van der Waals surface area contributed by atoms with Crippen molar-refractivity contribution < 1.29 is 9.32 Å². The van der Waals surface area contributed by atoms with Crippen LogP contribution in [0.5, 0.6) is 0 Å². The Labute approximate surface area is 139 Å². The van der Waals surface area contributed by atoms with Gasteiger partial charge in [0.25, 0.3) is 5.91 Å². The zero-order valence-corrected chi connectivity index (χ0v) is 13.1. The maximum Gasteiger partial charge on any atom is 0.277 e. The van der Waals surface area contributed by atoms with Gasteiger partial charge in [-0.15, -0.1) is 0 Å². The van der Waals surface area contributed by atoms with Crippen molar-refractivity contribution in [1.29, 1.82) is 0 Å². The van der Waals surface area contributed by atoms with Gasteiger partial charge < -0.3 is 9.84 Å². The van der Waals surface area contributed by atoms with E-state index in [-0.39, 0.29) is 5.91 Å².